The first kappa shape index (κ1) is 9.87. The normalized spacial score (nSPS) is 11.1. The van der Waals surface area contributed by atoms with Gasteiger partial charge in [0.2, 0.25) is 0 Å². The van der Waals surface area contributed by atoms with Gasteiger partial charge in [-0.05, 0) is 6.07 Å². The Balaban J connectivity index is 2.18. The SMILES string of the molecule is ClCc1csc(-c2c[nH]c3ccccc23)n1. The van der Waals surface area contributed by atoms with E-state index in [1.165, 1.54) is 5.39 Å². The second-order valence-corrected chi connectivity index (χ2v) is 4.65. The van der Waals surface area contributed by atoms with Crippen molar-refractivity contribution in [3.8, 4) is 10.6 Å². The van der Waals surface area contributed by atoms with Crippen molar-refractivity contribution in [3.63, 3.8) is 0 Å². The molecule has 1 aromatic carbocycles. The van der Waals surface area contributed by atoms with Gasteiger partial charge in [-0.3, -0.25) is 0 Å². The summed E-state index contributed by atoms with van der Waals surface area (Å²) in [6.07, 6.45) is 2.00. The summed E-state index contributed by atoms with van der Waals surface area (Å²) in [5.74, 6) is 0.471. The average molecular weight is 249 g/mol. The lowest BCUT2D eigenvalue weighted by atomic mass is 10.2. The number of fused-ring (bicyclic) bond motifs is 1. The molecule has 1 N–H and O–H groups in total. The van der Waals surface area contributed by atoms with Gasteiger partial charge in [0.05, 0.1) is 11.6 Å². The van der Waals surface area contributed by atoms with E-state index < -0.39 is 0 Å². The molecule has 3 aromatic rings. The topological polar surface area (TPSA) is 28.7 Å². The Morgan fingerprint density at radius 2 is 2.19 bits per heavy atom. The number of benzene rings is 1. The van der Waals surface area contributed by atoms with Crippen LogP contribution in [0.25, 0.3) is 21.5 Å². The van der Waals surface area contributed by atoms with Crippen molar-refractivity contribution in [1.82, 2.24) is 9.97 Å². The molecule has 0 fully saturated rings. The monoisotopic (exact) mass is 248 g/mol. The van der Waals surface area contributed by atoms with Gasteiger partial charge in [0, 0.05) is 28.0 Å². The van der Waals surface area contributed by atoms with Crippen LogP contribution < -0.4 is 0 Å². The van der Waals surface area contributed by atoms with Crippen LogP contribution in [0.1, 0.15) is 5.69 Å². The number of H-pyrrole nitrogens is 1. The Morgan fingerprint density at radius 3 is 3.00 bits per heavy atom. The lowest BCUT2D eigenvalue weighted by Crippen LogP contribution is -1.77. The minimum atomic E-state index is 0.471. The van der Waals surface area contributed by atoms with Gasteiger partial charge in [0.25, 0.3) is 0 Å². The van der Waals surface area contributed by atoms with E-state index in [9.17, 15) is 0 Å². The van der Waals surface area contributed by atoms with Crippen molar-refractivity contribution < 1.29 is 0 Å². The van der Waals surface area contributed by atoms with Gasteiger partial charge in [-0.15, -0.1) is 22.9 Å². The van der Waals surface area contributed by atoms with Crippen molar-refractivity contribution in [2.24, 2.45) is 0 Å². The second kappa shape index (κ2) is 3.92. The van der Waals surface area contributed by atoms with E-state index >= 15 is 0 Å². The van der Waals surface area contributed by atoms with Crippen molar-refractivity contribution >= 4 is 33.8 Å². The zero-order valence-electron chi connectivity index (χ0n) is 8.40. The molecule has 0 atom stereocenters. The standard InChI is InChI=1S/C12H9ClN2S/c13-5-8-7-16-12(15-8)10-6-14-11-4-2-1-3-9(10)11/h1-4,6-7,14H,5H2. The van der Waals surface area contributed by atoms with E-state index in [-0.39, 0.29) is 0 Å². The molecule has 0 amide bonds. The fourth-order valence-electron chi connectivity index (χ4n) is 1.74. The molecule has 0 aliphatic heterocycles. The number of nitrogens with zero attached hydrogens (tertiary/aromatic N) is 1. The molecule has 2 heterocycles. The highest BCUT2D eigenvalue weighted by atomic mass is 35.5. The summed E-state index contributed by atoms with van der Waals surface area (Å²) < 4.78 is 0. The summed E-state index contributed by atoms with van der Waals surface area (Å²) in [7, 11) is 0. The third-order valence-electron chi connectivity index (χ3n) is 2.51. The number of alkyl halides is 1. The number of para-hydroxylation sites is 1. The number of rotatable bonds is 2. The molecular weight excluding hydrogens is 240 g/mol. The highest BCUT2D eigenvalue weighted by Crippen LogP contribution is 2.30. The Bertz CT molecular complexity index is 627. The number of hydrogen-bond acceptors (Lipinski definition) is 2. The quantitative estimate of drug-likeness (QED) is 0.682. The molecule has 0 spiro atoms. The first-order valence-corrected chi connectivity index (χ1v) is 6.37. The van der Waals surface area contributed by atoms with Crippen LogP contribution in [0.15, 0.2) is 35.8 Å². The summed E-state index contributed by atoms with van der Waals surface area (Å²) in [6.45, 7) is 0. The first-order chi connectivity index (χ1) is 7.88. The van der Waals surface area contributed by atoms with Crippen LogP contribution in [0.3, 0.4) is 0 Å². The summed E-state index contributed by atoms with van der Waals surface area (Å²) in [4.78, 5) is 7.74. The molecule has 0 aliphatic carbocycles. The van der Waals surface area contributed by atoms with Crippen LogP contribution in [0.2, 0.25) is 0 Å². The third kappa shape index (κ3) is 1.52. The third-order valence-corrected chi connectivity index (χ3v) is 3.71. The summed E-state index contributed by atoms with van der Waals surface area (Å²) in [6, 6.07) is 8.22. The Morgan fingerprint density at radius 1 is 1.31 bits per heavy atom. The van der Waals surface area contributed by atoms with Gasteiger partial charge in [0.15, 0.2) is 0 Å². The van der Waals surface area contributed by atoms with E-state index in [2.05, 4.69) is 22.1 Å². The van der Waals surface area contributed by atoms with E-state index in [0.717, 1.165) is 21.8 Å². The number of nitrogens with one attached hydrogen (secondary N) is 1. The van der Waals surface area contributed by atoms with E-state index in [1.54, 1.807) is 11.3 Å². The molecule has 0 bridgehead atoms. The predicted molar refractivity (Wildman–Crippen MR) is 69.0 cm³/mol. The van der Waals surface area contributed by atoms with Crippen LogP contribution in [0, 0.1) is 0 Å². The van der Waals surface area contributed by atoms with Crippen LogP contribution in [-0.4, -0.2) is 9.97 Å². The molecule has 0 saturated carbocycles. The van der Waals surface area contributed by atoms with Gasteiger partial charge in [-0.2, -0.15) is 0 Å². The summed E-state index contributed by atoms with van der Waals surface area (Å²) in [5, 5.41) is 4.23. The van der Waals surface area contributed by atoms with E-state index in [4.69, 9.17) is 11.6 Å². The Kier molecular flexibility index (Phi) is 2.42. The first-order valence-electron chi connectivity index (χ1n) is 4.95. The maximum Gasteiger partial charge on any atom is 0.125 e. The molecule has 2 nitrogen and oxygen atoms in total. The summed E-state index contributed by atoms with van der Waals surface area (Å²) >= 11 is 7.39. The van der Waals surface area contributed by atoms with Crippen LogP contribution in [-0.2, 0) is 5.88 Å². The number of halogens is 1. The van der Waals surface area contributed by atoms with E-state index in [1.807, 2.05) is 23.7 Å². The van der Waals surface area contributed by atoms with Crippen LogP contribution in [0.4, 0.5) is 0 Å². The molecule has 0 radical (unpaired) electrons. The molecule has 4 heteroatoms. The zero-order valence-corrected chi connectivity index (χ0v) is 9.98. The van der Waals surface area contributed by atoms with Crippen molar-refractivity contribution in [2.75, 3.05) is 0 Å². The Hall–Kier alpha value is -1.32. The number of aromatic amines is 1. The van der Waals surface area contributed by atoms with Crippen LogP contribution >= 0.6 is 22.9 Å². The molecule has 3 rings (SSSR count). The van der Waals surface area contributed by atoms with E-state index in [0.29, 0.717) is 5.88 Å². The van der Waals surface area contributed by atoms with Crippen molar-refractivity contribution in [3.05, 3.63) is 41.5 Å². The predicted octanol–water partition coefficient (Wildman–Crippen LogP) is 4.03. The van der Waals surface area contributed by atoms with Crippen LogP contribution in [0.5, 0.6) is 0 Å². The molecule has 80 valence electrons. The Labute approximate surface area is 102 Å². The number of aromatic nitrogens is 2. The van der Waals surface area contributed by atoms with Crippen molar-refractivity contribution in [2.45, 2.75) is 5.88 Å². The smallest absolute Gasteiger partial charge is 0.125 e. The van der Waals surface area contributed by atoms with Crippen molar-refractivity contribution in [1.29, 1.82) is 0 Å². The van der Waals surface area contributed by atoms with Gasteiger partial charge < -0.3 is 4.98 Å². The van der Waals surface area contributed by atoms with Gasteiger partial charge in [0.1, 0.15) is 5.01 Å². The lowest BCUT2D eigenvalue weighted by Gasteiger charge is -1.92. The number of hydrogen-bond donors (Lipinski definition) is 1. The molecule has 0 unspecified atom stereocenters. The number of thiazole rings is 1. The minimum Gasteiger partial charge on any atom is -0.360 e. The minimum absolute atomic E-state index is 0.471. The highest BCUT2D eigenvalue weighted by molar-refractivity contribution is 7.13. The van der Waals surface area contributed by atoms with Gasteiger partial charge in [-0.25, -0.2) is 4.98 Å². The zero-order chi connectivity index (χ0) is 11.0. The molecule has 0 aliphatic rings. The second-order valence-electron chi connectivity index (χ2n) is 3.53. The molecule has 16 heavy (non-hydrogen) atoms. The fraction of sp³-hybridized carbons (Fsp3) is 0.0833. The maximum absolute atomic E-state index is 5.76. The highest BCUT2D eigenvalue weighted by Gasteiger charge is 2.09. The maximum atomic E-state index is 5.76. The molecular formula is C12H9ClN2S. The largest absolute Gasteiger partial charge is 0.360 e. The molecule has 2 aromatic heterocycles. The molecule has 0 saturated heterocycles. The average Bonchev–Trinajstić information content (AvgIpc) is 2.94. The lowest BCUT2D eigenvalue weighted by molar-refractivity contribution is 1.23. The summed E-state index contributed by atoms with van der Waals surface area (Å²) in [5.41, 5.74) is 3.23. The van der Waals surface area contributed by atoms with Gasteiger partial charge >= 0.3 is 0 Å². The fourth-order valence-corrected chi connectivity index (χ4v) is 2.82. The van der Waals surface area contributed by atoms with Gasteiger partial charge in [-0.1, -0.05) is 18.2 Å².